The predicted octanol–water partition coefficient (Wildman–Crippen LogP) is 1.69. The summed E-state index contributed by atoms with van der Waals surface area (Å²) in [5.74, 6) is -0.255. The minimum absolute atomic E-state index is 0.255. The molecule has 0 unspecified atom stereocenters. The molecule has 0 saturated heterocycles. The summed E-state index contributed by atoms with van der Waals surface area (Å²) in [6.07, 6.45) is -0.821. The number of halogens is 1. The Morgan fingerprint density at radius 2 is 1.85 bits per heavy atom. The van der Waals surface area contributed by atoms with E-state index in [1.807, 2.05) is 10.9 Å². The van der Waals surface area contributed by atoms with Crippen LogP contribution < -0.4 is 21.5 Å². The number of hydrogen-bond acceptors (Lipinski definition) is 4. The number of rotatable bonds is 2. The first kappa shape index (κ1) is 15.6. The van der Waals surface area contributed by atoms with Crippen molar-refractivity contribution in [1.29, 1.82) is 0 Å². The third-order valence-corrected chi connectivity index (χ3v) is 2.33. The van der Waals surface area contributed by atoms with Gasteiger partial charge >= 0.3 is 12.1 Å². The maximum absolute atomic E-state index is 11.5. The van der Waals surface area contributed by atoms with Crippen LogP contribution in [0.15, 0.2) is 18.2 Å². The summed E-state index contributed by atoms with van der Waals surface area (Å²) in [6, 6.07) is 3.84. The van der Waals surface area contributed by atoms with Crippen molar-refractivity contribution in [3.8, 4) is 0 Å². The van der Waals surface area contributed by atoms with Gasteiger partial charge in [0.2, 0.25) is 5.91 Å². The molecule has 0 aliphatic heterocycles. The van der Waals surface area contributed by atoms with Crippen LogP contribution in [0.2, 0.25) is 5.02 Å². The Bertz CT molecular complexity index is 535. The molecule has 20 heavy (non-hydrogen) atoms. The fourth-order valence-corrected chi connectivity index (χ4v) is 1.38. The molecule has 4 N–H and O–H groups in total. The van der Waals surface area contributed by atoms with Crippen LogP contribution in [0.25, 0.3) is 0 Å². The topological polar surface area (TPSA) is 109 Å². The van der Waals surface area contributed by atoms with Gasteiger partial charge in [0.15, 0.2) is 0 Å². The third-order valence-electron chi connectivity index (χ3n) is 2.00. The number of nitrogens with one attached hydrogen (secondary N) is 4. The van der Waals surface area contributed by atoms with Crippen molar-refractivity contribution < 1.29 is 19.1 Å². The van der Waals surface area contributed by atoms with Crippen molar-refractivity contribution in [2.45, 2.75) is 6.92 Å². The smallest absolute Gasteiger partial charge is 0.425 e. The van der Waals surface area contributed by atoms with Gasteiger partial charge in [0.25, 0.3) is 0 Å². The molecule has 4 amide bonds. The summed E-state index contributed by atoms with van der Waals surface area (Å²) >= 11 is 5.90. The Labute approximate surface area is 119 Å². The van der Waals surface area contributed by atoms with Gasteiger partial charge < -0.3 is 15.4 Å². The van der Waals surface area contributed by atoms with E-state index in [2.05, 4.69) is 15.4 Å². The molecule has 0 atom stereocenters. The van der Waals surface area contributed by atoms with Crippen molar-refractivity contribution in [2.24, 2.45) is 0 Å². The average Bonchev–Trinajstić information content (AvgIpc) is 2.39. The second-order valence-electron chi connectivity index (χ2n) is 3.57. The highest BCUT2D eigenvalue weighted by Crippen LogP contribution is 2.25. The molecule has 108 valence electrons. The molecule has 1 rings (SSSR count). The zero-order valence-electron chi connectivity index (χ0n) is 10.7. The van der Waals surface area contributed by atoms with Gasteiger partial charge in [0.1, 0.15) is 0 Å². The molecule has 0 radical (unpaired) electrons. The van der Waals surface area contributed by atoms with E-state index in [4.69, 9.17) is 11.6 Å². The van der Waals surface area contributed by atoms with Gasteiger partial charge in [-0.2, -0.15) is 0 Å². The lowest BCUT2D eigenvalue weighted by Crippen LogP contribution is -2.43. The van der Waals surface area contributed by atoms with Crippen molar-refractivity contribution >= 4 is 41.0 Å². The van der Waals surface area contributed by atoms with Crippen molar-refractivity contribution in [3.63, 3.8) is 0 Å². The monoisotopic (exact) mass is 300 g/mol. The summed E-state index contributed by atoms with van der Waals surface area (Å²) in [4.78, 5) is 33.2. The normalized spacial score (nSPS) is 9.35. The van der Waals surface area contributed by atoms with Gasteiger partial charge in [0, 0.05) is 12.6 Å². The Balaban J connectivity index is 2.68. The molecule has 0 bridgehead atoms. The van der Waals surface area contributed by atoms with Crippen LogP contribution in [-0.2, 0) is 9.53 Å². The highest BCUT2D eigenvalue weighted by Gasteiger charge is 2.08. The van der Waals surface area contributed by atoms with Crippen LogP contribution in [0.3, 0.4) is 0 Å². The highest BCUT2D eigenvalue weighted by atomic mass is 35.5. The third kappa shape index (κ3) is 5.02. The number of benzene rings is 1. The SMILES string of the molecule is COC(=O)NNC(=O)Nc1cc(NC(C)=O)ccc1Cl. The first-order valence-electron chi connectivity index (χ1n) is 5.40. The van der Waals surface area contributed by atoms with Crippen molar-refractivity contribution in [2.75, 3.05) is 17.7 Å². The number of methoxy groups -OCH3 is 1. The highest BCUT2D eigenvalue weighted by molar-refractivity contribution is 6.33. The van der Waals surface area contributed by atoms with Crippen LogP contribution in [0.1, 0.15) is 6.92 Å². The number of hydrogen-bond donors (Lipinski definition) is 4. The number of hydrazine groups is 1. The summed E-state index contributed by atoms with van der Waals surface area (Å²) < 4.78 is 4.27. The lowest BCUT2D eigenvalue weighted by Gasteiger charge is -2.11. The zero-order valence-corrected chi connectivity index (χ0v) is 11.5. The summed E-state index contributed by atoms with van der Waals surface area (Å²) in [5, 5.41) is 5.22. The standard InChI is InChI=1S/C11H13ClN4O4/c1-6(17)13-7-3-4-8(12)9(5-7)14-10(18)15-16-11(19)20-2/h3-5H,1-2H3,(H,13,17)(H,16,19)(H2,14,15,18). The quantitative estimate of drug-likeness (QED) is 0.623. The van der Waals surface area contributed by atoms with Gasteiger partial charge in [-0.15, -0.1) is 0 Å². The van der Waals surface area contributed by atoms with E-state index in [1.165, 1.54) is 19.1 Å². The van der Waals surface area contributed by atoms with Gasteiger partial charge in [-0.25, -0.2) is 20.4 Å². The lowest BCUT2D eigenvalue weighted by molar-refractivity contribution is -0.114. The predicted molar refractivity (Wildman–Crippen MR) is 73.5 cm³/mol. The summed E-state index contributed by atoms with van der Waals surface area (Å²) in [5.41, 5.74) is 4.77. The van der Waals surface area contributed by atoms with Gasteiger partial charge in [-0.1, -0.05) is 11.6 Å². The maximum Gasteiger partial charge on any atom is 0.425 e. The van der Waals surface area contributed by atoms with E-state index in [-0.39, 0.29) is 16.6 Å². The van der Waals surface area contributed by atoms with E-state index in [9.17, 15) is 14.4 Å². The molecule has 0 aromatic heterocycles. The molecule has 0 fully saturated rings. The van der Waals surface area contributed by atoms with Gasteiger partial charge in [-0.3, -0.25) is 4.79 Å². The lowest BCUT2D eigenvalue weighted by atomic mass is 10.2. The van der Waals surface area contributed by atoms with Crippen LogP contribution in [-0.4, -0.2) is 25.1 Å². The molecule has 0 aliphatic rings. The number of urea groups is 1. The van der Waals surface area contributed by atoms with E-state index in [1.54, 1.807) is 6.07 Å². The molecule has 0 spiro atoms. The van der Waals surface area contributed by atoms with Gasteiger partial charge in [0.05, 0.1) is 17.8 Å². The molecule has 0 aliphatic carbocycles. The molecule has 1 aromatic carbocycles. The molecular formula is C11H13ClN4O4. The second kappa shape index (κ2) is 7.19. The molecule has 9 heteroatoms. The van der Waals surface area contributed by atoms with E-state index >= 15 is 0 Å². The number of amides is 4. The van der Waals surface area contributed by atoms with Crippen molar-refractivity contribution in [3.05, 3.63) is 23.2 Å². The largest absolute Gasteiger partial charge is 0.452 e. The van der Waals surface area contributed by atoms with Crippen LogP contribution in [0, 0.1) is 0 Å². The Morgan fingerprint density at radius 3 is 2.45 bits per heavy atom. The average molecular weight is 301 g/mol. The van der Waals surface area contributed by atoms with Crippen molar-refractivity contribution in [1.82, 2.24) is 10.9 Å². The minimum atomic E-state index is -0.821. The van der Waals surface area contributed by atoms with Crippen LogP contribution >= 0.6 is 11.6 Å². The van der Waals surface area contributed by atoms with Crippen LogP contribution in [0.5, 0.6) is 0 Å². The second-order valence-corrected chi connectivity index (χ2v) is 3.98. The van der Waals surface area contributed by atoms with E-state index < -0.39 is 12.1 Å². The Morgan fingerprint density at radius 1 is 1.15 bits per heavy atom. The zero-order chi connectivity index (χ0) is 15.1. The molecular weight excluding hydrogens is 288 g/mol. The molecule has 0 heterocycles. The van der Waals surface area contributed by atoms with Gasteiger partial charge in [-0.05, 0) is 18.2 Å². The van der Waals surface area contributed by atoms with E-state index in [0.29, 0.717) is 5.69 Å². The number of carbonyl (C=O) groups is 3. The maximum atomic E-state index is 11.5. The first-order chi connectivity index (χ1) is 9.42. The molecule has 8 nitrogen and oxygen atoms in total. The van der Waals surface area contributed by atoms with Crippen LogP contribution in [0.4, 0.5) is 21.0 Å². The molecule has 0 saturated carbocycles. The molecule has 1 aromatic rings. The summed E-state index contributed by atoms with van der Waals surface area (Å²) in [7, 11) is 1.16. The first-order valence-corrected chi connectivity index (χ1v) is 5.78. The van der Waals surface area contributed by atoms with E-state index in [0.717, 1.165) is 7.11 Å². The fraction of sp³-hybridized carbons (Fsp3) is 0.182. The number of anilines is 2. The Kier molecular flexibility index (Phi) is 5.60. The minimum Gasteiger partial charge on any atom is -0.452 e. The summed E-state index contributed by atoms with van der Waals surface area (Å²) in [6.45, 7) is 1.36. The number of carbonyl (C=O) groups excluding carboxylic acids is 3. The Hall–Kier alpha value is -2.48. The fourth-order valence-electron chi connectivity index (χ4n) is 1.21. The number of ether oxygens (including phenoxy) is 1.